The summed E-state index contributed by atoms with van der Waals surface area (Å²) in [7, 11) is 1.61. The van der Waals surface area contributed by atoms with Gasteiger partial charge in [0.05, 0.1) is 19.3 Å². The van der Waals surface area contributed by atoms with Crippen molar-refractivity contribution in [1.82, 2.24) is 25.5 Å². The number of hydrogen-bond acceptors (Lipinski definition) is 5. The highest BCUT2D eigenvalue weighted by atomic mass is 16.5. The van der Waals surface area contributed by atoms with E-state index < -0.39 is 0 Å². The van der Waals surface area contributed by atoms with Gasteiger partial charge in [-0.3, -0.25) is 4.79 Å². The smallest absolute Gasteiger partial charge is 0.251 e. The maximum atomic E-state index is 12.5. The topological polar surface area (TPSA) is 81.9 Å². The van der Waals surface area contributed by atoms with E-state index in [0.717, 1.165) is 22.6 Å². The molecule has 0 fully saturated rings. The maximum absolute atomic E-state index is 12.5. The van der Waals surface area contributed by atoms with Crippen LogP contribution in [0.2, 0.25) is 0 Å². The minimum atomic E-state index is -0.186. The number of aromatic nitrogens is 4. The van der Waals surface area contributed by atoms with Crippen molar-refractivity contribution < 1.29 is 9.53 Å². The number of benzene rings is 3. The van der Waals surface area contributed by atoms with Crippen LogP contribution in [0.5, 0.6) is 5.75 Å². The minimum Gasteiger partial charge on any atom is -0.497 e. The van der Waals surface area contributed by atoms with Crippen molar-refractivity contribution in [2.75, 3.05) is 7.11 Å². The van der Waals surface area contributed by atoms with Crippen molar-refractivity contribution in [1.29, 1.82) is 0 Å². The van der Waals surface area contributed by atoms with Crippen LogP contribution in [0.25, 0.3) is 16.8 Å². The zero-order chi connectivity index (χ0) is 20.1. The summed E-state index contributed by atoms with van der Waals surface area (Å²) >= 11 is 0. The Hall–Kier alpha value is -4.00. The third kappa shape index (κ3) is 4.14. The monoisotopic (exact) mass is 385 g/mol. The second-order valence-corrected chi connectivity index (χ2v) is 6.33. The Kier molecular flexibility index (Phi) is 5.29. The highest BCUT2D eigenvalue weighted by molar-refractivity contribution is 5.94. The number of nitrogens with one attached hydrogen (secondary N) is 1. The molecule has 7 heteroatoms. The van der Waals surface area contributed by atoms with Crippen LogP contribution in [-0.4, -0.2) is 33.2 Å². The first kappa shape index (κ1) is 18.4. The highest BCUT2D eigenvalue weighted by Gasteiger charge is 2.11. The molecule has 1 aromatic heterocycles. The molecule has 0 saturated carbocycles. The normalized spacial score (nSPS) is 10.5. The lowest BCUT2D eigenvalue weighted by Crippen LogP contribution is -2.24. The van der Waals surface area contributed by atoms with E-state index in [1.54, 1.807) is 11.8 Å². The molecule has 3 aromatic carbocycles. The van der Waals surface area contributed by atoms with Crippen molar-refractivity contribution in [2.45, 2.75) is 6.54 Å². The molecule has 4 aromatic rings. The van der Waals surface area contributed by atoms with Crippen molar-refractivity contribution in [2.24, 2.45) is 0 Å². The van der Waals surface area contributed by atoms with Crippen LogP contribution in [0, 0.1) is 0 Å². The maximum Gasteiger partial charge on any atom is 0.251 e. The van der Waals surface area contributed by atoms with Crippen molar-refractivity contribution in [3.05, 3.63) is 90.3 Å². The van der Waals surface area contributed by atoms with E-state index in [4.69, 9.17) is 4.74 Å². The second-order valence-electron chi connectivity index (χ2n) is 6.33. The number of ether oxygens (including phenoxy) is 1. The van der Waals surface area contributed by atoms with Gasteiger partial charge in [-0.1, -0.05) is 42.5 Å². The first-order valence-corrected chi connectivity index (χ1v) is 9.10. The van der Waals surface area contributed by atoms with Crippen LogP contribution in [0.4, 0.5) is 0 Å². The van der Waals surface area contributed by atoms with E-state index in [2.05, 4.69) is 20.8 Å². The lowest BCUT2D eigenvalue weighted by atomic mass is 10.0. The molecule has 0 bridgehead atoms. The molecule has 1 N–H and O–H groups in total. The fraction of sp³-hybridized carbons (Fsp3) is 0.0909. The molecule has 0 radical (unpaired) electrons. The molecular formula is C22H19N5O2. The molecule has 0 aliphatic rings. The largest absolute Gasteiger partial charge is 0.497 e. The van der Waals surface area contributed by atoms with E-state index in [0.29, 0.717) is 11.4 Å². The fourth-order valence-electron chi connectivity index (χ4n) is 2.95. The van der Waals surface area contributed by atoms with Gasteiger partial charge in [-0.15, -0.1) is 5.10 Å². The number of tetrazole rings is 1. The second kappa shape index (κ2) is 8.35. The van der Waals surface area contributed by atoms with E-state index in [1.807, 2.05) is 78.9 Å². The highest BCUT2D eigenvalue weighted by Crippen LogP contribution is 2.19. The summed E-state index contributed by atoms with van der Waals surface area (Å²) in [6, 6.07) is 24.9. The number of rotatable bonds is 6. The van der Waals surface area contributed by atoms with Crippen LogP contribution < -0.4 is 10.1 Å². The number of carbonyl (C=O) groups excluding carboxylic acids is 1. The van der Waals surface area contributed by atoms with Crippen molar-refractivity contribution >= 4 is 5.91 Å². The van der Waals surface area contributed by atoms with Gasteiger partial charge in [0.15, 0.2) is 5.82 Å². The Balaban J connectivity index is 1.43. The molecule has 29 heavy (non-hydrogen) atoms. The third-order valence-corrected chi connectivity index (χ3v) is 4.51. The molecule has 7 nitrogen and oxygen atoms in total. The molecular weight excluding hydrogens is 366 g/mol. The van der Waals surface area contributed by atoms with Crippen LogP contribution in [-0.2, 0) is 6.54 Å². The summed E-state index contributed by atoms with van der Waals surface area (Å²) in [5.74, 6) is 1.09. The Morgan fingerprint density at radius 1 is 0.931 bits per heavy atom. The average Bonchev–Trinajstić information content (AvgIpc) is 3.27. The Morgan fingerprint density at radius 3 is 2.31 bits per heavy atom. The van der Waals surface area contributed by atoms with Gasteiger partial charge in [0.2, 0.25) is 0 Å². The number of methoxy groups -OCH3 is 1. The van der Waals surface area contributed by atoms with Crippen LogP contribution in [0.1, 0.15) is 16.2 Å². The van der Waals surface area contributed by atoms with Gasteiger partial charge in [-0.05, 0) is 58.0 Å². The standard InChI is InChI=1S/C22H19N5O2/c1-29-20-13-11-19(12-14-20)27-21(24-25-26-27)15-23-22(28)18-9-7-17(8-10-18)16-5-3-2-4-6-16/h2-14H,15H2,1H3,(H,23,28). The van der Waals surface area contributed by atoms with E-state index in [9.17, 15) is 4.79 Å². The summed E-state index contributed by atoms with van der Waals surface area (Å²) in [4.78, 5) is 12.5. The zero-order valence-electron chi connectivity index (χ0n) is 15.8. The molecule has 1 amide bonds. The van der Waals surface area contributed by atoms with Crippen LogP contribution in [0.15, 0.2) is 78.9 Å². The van der Waals surface area contributed by atoms with Crippen LogP contribution >= 0.6 is 0 Å². The van der Waals surface area contributed by atoms with Gasteiger partial charge < -0.3 is 10.1 Å². The SMILES string of the molecule is COc1ccc(-n2nnnc2CNC(=O)c2ccc(-c3ccccc3)cc2)cc1. The first-order valence-electron chi connectivity index (χ1n) is 9.10. The molecule has 4 rings (SSSR count). The molecule has 0 aliphatic carbocycles. The Bertz CT molecular complexity index is 1090. The number of amides is 1. The lowest BCUT2D eigenvalue weighted by molar-refractivity contribution is 0.0949. The predicted octanol–water partition coefficient (Wildman–Crippen LogP) is 3.27. The molecule has 1 heterocycles. The van der Waals surface area contributed by atoms with Crippen LogP contribution in [0.3, 0.4) is 0 Å². The lowest BCUT2D eigenvalue weighted by Gasteiger charge is -2.08. The van der Waals surface area contributed by atoms with Gasteiger partial charge in [0, 0.05) is 5.56 Å². The third-order valence-electron chi connectivity index (χ3n) is 4.51. The summed E-state index contributed by atoms with van der Waals surface area (Å²) in [5.41, 5.74) is 3.53. The fourth-order valence-corrected chi connectivity index (χ4v) is 2.95. The summed E-state index contributed by atoms with van der Waals surface area (Å²) in [5, 5.41) is 14.6. The molecule has 144 valence electrons. The number of carbonyl (C=O) groups is 1. The zero-order valence-corrected chi connectivity index (χ0v) is 15.8. The minimum absolute atomic E-state index is 0.186. The van der Waals surface area contributed by atoms with Gasteiger partial charge in [-0.25, -0.2) is 0 Å². The van der Waals surface area contributed by atoms with E-state index in [-0.39, 0.29) is 12.5 Å². The molecule has 0 spiro atoms. The van der Waals surface area contributed by atoms with Gasteiger partial charge in [-0.2, -0.15) is 4.68 Å². The van der Waals surface area contributed by atoms with Crippen molar-refractivity contribution in [3.8, 4) is 22.6 Å². The van der Waals surface area contributed by atoms with E-state index in [1.165, 1.54) is 0 Å². The number of hydrogen-bond donors (Lipinski definition) is 1. The quantitative estimate of drug-likeness (QED) is 0.551. The molecule has 0 aliphatic heterocycles. The first-order chi connectivity index (χ1) is 14.2. The van der Waals surface area contributed by atoms with Gasteiger partial charge in [0.25, 0.3) is 5.91 Å². The Labute approximate surface area is 168 Å². The molecule has 0 saturated heterocycles. The average molecular weight is 385 g/mol. The van der Waals surface area contributed by atoms with E-state index >= 15 is 0 Å². The van der Waals surface area contributed by atoms with Gasteiger partial charge >= 0.3 is 0 Å². The van der Waals surface area contributed by atoms with Crippen molar-refractivity contribution in [3.63, 3.8) is 0 Å². The molecule has 0 unspecified atom stereocenters. The predicted molar refractivity (Wildman–Crippen MR) is 109 cm³/mol. The van der Waals surface area contributed by atoms with Gasteiger partial charge in [0.1, 0.15) is 5.75 Å². The summed E-state index contributed by atoms with van der Waals surface area (Å²) in [6.45, 7) is 0.207. The summed E-state index contributed by atoms with van der Waals surface area (Å²) in [6.07, 6.45) is 0. The number of nitrogens with zero attached hydrogens (tertiary/aromatic N) is 4. The molecule has 0 atom stereocenters. The summed E-state index contributed by atoms with van der Waals surface area (Å²) < 4.78 is 6.74. The Morgan fingerprint density at radius 2 is 1.62 bits per heavy atom.